The summed E-state index contributed by atoms with van der Waals surface area (Å²) in [5.74, 6) is 2.17. The van der Waals surface area contributed by atoms with Gasteiger partial charge in [-0.05, 0) is 30.7 Å². The third-order valence-corrected chi connectivity index (χ3v) is 6.48. The van der Waals surface area contributed by atoms with Gasteiger partial charge in [-0.15, -0.1) is 21.5 Å². The van der Waals surface area contributed by atoms with Crippen LogP contribution in [0.1, 0.15) is 25.2 Å². The second kappa shape index (κ2) is 7.50. The second-order valence-electron chi connectivity index (χ2n) is 7.23. The van der Waals surface area contributed by atoms with Gasteiger partial charge in [0.15, 0.2) is 17.5 Å². The quantitative estimate of drug-likeness (QED) is 0.409. The summed E-state index contributed by atoms with van der Waals surface area (Å²) in [6.45, 7) is 2.12. The lowest BCUT2D eigenvalue weighted by Gasteiger charge is -2.36. The fourth-order valence-corrected chi connectivity index (χ4v) is 4.77. The van der Waals surface area contributed by atoms with Crippen molar-refractivity contribution in [3.63, 3.8) is 0 Å². The van der Waals surface area contributed by atoms with E-state index in [4.69, 9.17) is 16.6 Å². The number of nitrogens with one attached hydrogen (secondary N) is 1. The molecule has 0 saturated carbocycles. The van der Waals surface area contributed by atoms with Gasteiger partial charge in [0.2, 0.25) is 0 Å². The number of thiazole rings is 1. The van der Waals surface area contributed by atoms with Crippen molar-refractivity contribution in [3.05, 3.63) is 65.4 Å². The maximum atomic E-state index is 6.16. The van der Waals surface area contributed by atoms with Gasteiger partial charge in [0.1, 0.15) is 22.7 Å². The third-order valence-electron chi connectivity index (χ3n) is 5.44. The Balaban J connectivity index is 1.56. The Morgan fingerprint density at radius 3 is 2.81 bits per heavy atom. The number of aromatic amines is 1. The van der Waals surface area contributed by atoms with E-state index in [9.17, 15) is 0 Å². The zero-order chi connectivity index (χ0) is 21.7. The number of rotatable bonds is 4. The first-order valence-electron chi connectivity index (χ1n) is 10.0. The largest absolute Gasteiger partial charge is 0.314 e. The van der Waals surface area contributed by atoms with Crippen LogP contribution in [0, 0.1) is 0 Å². The number of fused-ring (bicyclic) bond motifs is 3. The predicted molar refractivity (Wildman–Crippen MR) is 122 cm³/mol. The van der Waals surface area contributed by atoms with Crippen LogP contribution in [0.3, 0.4) is 0 Å². The molecule has 5 heterocycles. The van der Waals surface area contributed by atoms with E-state index in [1.807, 2.05) is 34.2 Å². The molecule has 9 nitrogen and oxygen atoms in total. The molecule has 1 atom stereocenters. The SMILES string of the molecule is CC[C@@H]1c2nncn2-c2cnc(-c3cn[nH]c3-c3nccs3)nc2N1c1ccc(Cl)cc1. The van der Waals surface area contributed by atoms with E-state index in [-0.39, 0.29) is 6.04 Å². The Labute approximate surface area is 191 Å². The molecule has 0 aliphatic carbocycles. The molecule has 0 saturated heterocycles. The normalized spacial score (nSPS) is 14.9. The highest BCUT2D eigenvalue weighted by atomic mass is 35.5. The fourth-order valence-electron chi connectivity index (χ4n) is 4.00. The highest BCUT2D eigenvalue weighted by molar-refractivity contribution is 7.13. The lowest BCUT2D eigenvalue weighted by atomic mass is 10.1. The Hall–Kier alpha value is -3.63. The summed E-state index contributed by atoms with van der Waals surface area (Å²) >= 11 is 7.69. The second-order valence-corrected chi connectivity index (χ2v) is 8.56. The van der Waals surface area contributed by atoms with Crippen molar-refractivity contribution in [3.8, 4) is 27.8 Å². The van der Waals surface area contributed by atoms with E-state index in [1.165, 1.54) is 11.3 Å². The van der Waals surface area contributed by atoms with E-state index >= 15 is 0 Å². The summed E-state index contributed by atoms with van der Waals surface area (Å²) in [6.07, 6.45) is 7.82. The average molecular weight is 462 g/mol. The van der Waals surface area contributed by atoms with Gasteiger partial charge in [-0.3, -0.25) is 9.67 Å². The molecule has 1 aliphatic heterocycles. The van der Waals surface area contributed by atoms with Crippen molar-refractivity contribution in [2.75, 3.05) is 4.90 Å². The van der Waals surface area contributed by atoms with Crippen LogP contribution in [0.4, 0.5) is 11.5 Å². The predicted octanol–water partition coefficient (Wildman–Crippen LogP) is 4.83. The first-order chi connectivity index (χ1) is 15.7. The van der Waals surface area contributed by atoms with Gasteiger partial charge in [-0.2, -0.15) is 5.10 Å². The monoisotopic (exact) mass is 461 g/mol. The van der Waals surface area contributed by atoms with Crippen LogP contribution in [0.15, 0.2) is 54.6 Å². The standard InChI is InChI=1S/C21H16ClN9S/c1-2-15-20-29-26-11-30(20)16-10-24-18(14-9-25-28-17(14)21-23-7-8-32-21)27-19(16)31(15)13-5-3-12(22)4-6-13/h3-11,15H,2H2,1H3,(H,25,28)/t15-/m1/s1. The highest BCUT2D eigenvalue weighted by Crippen LogP contribution is 2.43. The molecular formula is C21H16ClN9S. The molecule has 0 amide bonds. The molecule has 5 aromatic rings. The zero-order valence-corrected chi connectivity index (χ0v) is 18.4. The van der Waals surface area contributed by atoms with E-state index in [0.717, 1.165) is 45.7 Å². The molecule has 0 fully saturated rings. The molecular weight excluding hydrogens is 446 g/mol. The van der Waals surface area contributed by atoms with Crippen LogP contribution < -0.4 is 4.90 Å². The number of anilines is 2. The van der Waals surface area contributed by atoms with Crippen LogP contribution in [-0.2, 0) is 0 Å². The van der Waals surface area contributed by atoms with Gasteiger partial charge < -0.3 is 4.90 Å². The summed E-state index contributed by atoms with van der Waals surface area (Å²) in [7, 11) is 0. The lowest BCUT2D eigenvalue weighted by Crippen LogP contribution is -2.32. The Kier molecular flexibility index (Phi) is 4.47. The molecule has 6 rings (SSSR count). The summed E-state index contributed by atoms with van der Waals surface area (Å²) in [4.78, 5) is 16.2. The summed E-state index contributed by atoms with van der Waals surface area (Å²) in [6, 6.07) is 7.68. The zero-order valence-electron chi connectivity index (χ0n) is 16.8. The van der Waals surface area contributed by atoms with Crippen LogP contribution in [-0.4, -0.2) is 39.9 Å². The number of hydrogen-bond acceptors (Lipinski definition) is 8. The number of halogens is 1. The Bertz CT molecular complexity index is 1390. The van der Waals surface area contributed by atoms with Gasteiger partial charge in [0, 0.05) is 22.3 Å². The van der Waals surface area contributed by atoms with Crippen molar-refractivity contribution in [2.45, 2.75) is 19.4 Å². The molecule has 0 unspecified atom stereocenters. The summed E-state index contributed by atoms with van der Waals surface area (Å²) in [5.41, 5.74) is 3.37. The molecule has 0 radical (unpaired) electrons. The molecule has 32 heavy (non-hydrogen) atoms. The average Bonchev–Trinajstić information content (AvgIpc) is 3.59. The van der Waals surface area contributed by atoms with E-state index < -0.39 is 0 Å². The van der Waals surface area contributed by atoms with E-state index in [0.29, 0.717) is 10.8 Å². The molecule has 1 aromatic carbocycles. The number of benzene rings is 1. The van der Waals surface area contributed by atoms with Crippen molar-refractivity contribution < 1.29 is 0 Å². The number of H-pyrrole nitrogens is 1. The maximum Gasteiger partial charge on any atom is 0.165 e. The van der Waals surface area contributed by atoms with Crippen LogP contribution in [0.2, 0.25) is 5.02 Å². The minimum Gasteiger partial charge on any atom is -0.314 e. The van der Waals surface area contributed by atoms with E-state index in [2.05, 4.69) is 42.2 Å². The maximum absolute atomic E-state index is 6.16. The fraction of sp³-hybridized carbons (Fsp3) is 0.143. The van der Waals surface area contributed by atoms with Gasteiger partial charge in [0.25, 0.3) is 0 Å². The minimum absolute atomic E-state index is 0.0447. The summed E-state index contributed by atoms with van der Waals surface area (Å²) < 4.78 is 1.96. The van der Waals surface area contributed by atoms with Gasteiger partial charge >= 0.3 is 0 Å². The lowest BCUT2D eigenvalue weighted by molar-refractivity contribution is 0.590. The van der Waals surface area contributed by atoms with Crippen molar-refractivity contribution in [1.82, 2.24) is 39.9 Å². The smallest absolute Gasteiger partial charge is 0.165 e. The first kappa shape index (κ1) is 19.1. The molecule has 0 spiro atoms. The molecule has 158 valence electrons. The van der Waals surface area contributed by atoms with Crippen LogP contribution in [0.5, 0.6) is 0 Å². The van der Waals surface area contributed by atoms with Crippen molar-refractivity contribution in [1.29, 1.82) is 0 Å². The van der Waals surface area contributed by atoms with E-state index in [1.54, 1.807) is 24.9 Å². The van der Waals surface area contributed by atoms with Crippen LogP contribution in [0.25, 0.3) is 27.8 Å². The topological polar surface area (TPSA) is 101 Å². The van der Waals surface area contributed by atoms with Crippen LogP contribution >= 0.6 is 22.9 Å². The summed E-state index contributed by atoms with van der Waals surface area (Å²) in [5, 5.41) is 19.2. The third kappa shape index (κ3) is 2.91. The Morgan fingerprint density at radius 1 is 1.16 bits per heavy atom. The number of nitrogens with zero attached hydrogens (tertiary/aromatic N) is 8. The molecule has 4 aromatic heterocycles. The molecule has 0 bridgehead atoms. The molecule has 1 aliphatic rings. The first-order valence-corrected chi connectivity index (χ1v) is 11.3. The molecule has 11 heteroatoms. The van der Waals surface area contributed by atoms with Gasteiger partial charge in [-0.1, -0.05) is 18.5 Å². The minimum atomic E-state index is -0.0447. The number of hydrogen-bond donors (Lipinski definition) is 1. The number of aromatic nitrogens is 8. The van der Waals surface area contributed by atoms with Gasteiger partial charge in [0.05, 0.1) is 24.0 Å². The van der Waals surface area contributed by atoms with Crippen molar-refractivity contribution in [2.24, 2.45) is 0 Å². The van der Waals surface area contributed by atoms with Gasteiger partial charge in [-0.25, -0.2) is 15.0 Å². The highest BCUT2D eigenvalue weighted by Gasteiger charge is 2.35. The Morgan fingerprint density at radius 2 is 2.03 bits per heavy atom. The van der Waals surface area contributed by atoms with Crippen molar-refractivity contribution >= 4 is 34.4 Å². The molecule has 1 N–H and O–H groups in total.